The van der Waals surface area contributed by atoms with Gasteiger partial charge in [-0.2, -0.15) is 0 Å². The van der Waals surface area contributed by atoms with E-state index in [-0.39, 0.29) is 6.17 Å². The van der Waals surface area contributed by atoms with Crippen LogP contribution in [0.1, 0.15) is 11.7 Å². The summed E-state index contributed by atoms with van der Waals surface area (Å²) in [4.78, 5) is 9.26. The summed E-state index contributed by atoms with van der Waals surface area (Å²) in [6.45, 7) is 0. The van der Waals surface area contributed by atoms with Gasteiger partial charge in [0.15, 0.2) is 0 Å². The average molecular weight is 205 g/mol. The van der Waals surface area contributed by atoms with Crippen LogP contribution in [-0.2, 0) is 0 Å². The molecule has 0 aliphatic carbocycles. The SMILES string of the molecule is CN(C)C(NN)c1ccc2nc[nH]c2c1. The van der Waals surface area contributed by atoms with Gasteiger partial charge in [0.25, 0.3) is 0 Å². The summed E-state index contributed by atoms with van der Waals surface area (Å²) in [6.07, 6.45) is 1.70. The third kappa shape index (κ3) is 1.85. The Hall–Kier alpha value is -1.43. The molecule has 0 saturated heterocycles. The highest BCUT2D eigenvalue weighted by Gasteiger charge is 2.12. The van der Waals surface area contributed by atoms with E-state index >= 15 is 0 Å². The van der Waals surface area contributed by atoms with Gasteiger partial charge in [-0.3, -0.25) is 10.7 Å². The normalized spacial score (nSPS) is 13.6. The largest absolute Gasteiger partial charge is 0.345 e. The fraction of sp³-hybridized carbons (Fsp3) is 0.300. The zero-order chi connectivity index (χ0) is 10.8. The van der Waals surface area contributed by atoms with Gasteiger partial charge < -0.3 is 4.98 Å². The lowest BCUT2D eigenvalue weighted by atomic mass is 10.1. The number of nitrogens with one attached hydrogen (secondary N) is 2. The van der Waals surface area contributed by atoms with E-state index in [0.717, 1.165) is 16.6 Å². The number of imidazole rings is 1. The number of aromatic nitrogens is 2. The van der Waals surface area contributed by atoms with Crippen LogP contribution in [0.3, 0.4) is 0 Å². The van der Waals surface area contributed by atoms with E-state index in [1.165, 1.54) is 0 Å². The lowest BCUT2D eigenvalue weighted by Crippen LogP contribution is -2.37. The third-order valence-electron chi connectivity index (χ3n) is 2.43. The molecule has 5 nitrogen and oxygen atoms in total. The molecule has 0 fully saturated rings. The van der Waals surface area contributed by atoms with E-state index in [9.17, 15) is 0 Å². The monoisotopic (exact) mass is 205 g/mol. The molecule has 0 aliphatic rings. The molecular weight excluding hydrogens is 190 g/mol. The van der Waals surface area contributed by atoms with E-state index in [4.69, 9.17) is 5.84 Å². The summed E-state index contributed by atoms with van der Waals surface area (Å²) in [5.41, 5.74) is 5.87. The first-order chi connectivity index (χ1) is 7.22. The van der Waals surface area contributed by atoms with Gasteiger partial charge in [-0.15, -0.1) is 0 Å². The van der Waals surface area contributed by atoms with Crippen LogP contribution in [0.5, 0.6) is 0 Å². The predicted octanol–water partition coefficient (Wildman–Crippen LogP) is 0.586. The van der Waals surface area contributed by atoms with Crippen LogP contribution in [0.15, 0.2) is 24.5 Å². The van der Waals surface area contributed by atoms with Gasteiger partial charge in [-0.25, -0.2) is 10.4 Å². The molecule has 0 bridgehead atoms. The van der Waals surface area contributed by atoms with E-state index < -0.39 is 0 Å². The van der Waals surface area contributed by atoms with E-state index in [1.54, 1.807) is 6.33 Å². The highest BCUT2D eigenvalue weighted by Crippen LogP contribution is 2.18. The van der Waals surface area contributed by atoms with Crippen molar-refractivity contribution in [2.24, 2.45) is 5.84 Å². The summed E-state index contributed by atoms with van der Waals surface area (Å²) in [6, 6.07) is 6.05. The number of nitrogens with two attached hydrogens (primary N) is 1. The fourth-order valence-corrected chi connectivity index (χ4v) is 1.67. The second-order valence-electron chi connectivity index (χ2n) is 3.71. The van der Waals surface area contributed by atoms with Gasteiger partial charge in [0.1, 0.15) is 0 Å². The summed E-state index contributed by atoms with van der Waals surface area (Å²) in [5, 5.41) is 0. The van der Waals surface area contributed by atoms with Crippen molar-refractivity contribution in [3.8, 4) is 0 Å². The van der Waals surface area contributed by atoms with E-state index in [2.05, 4.69) is 15.4 Å². The van der Waals surface area contributed by atoms with Crippen molar-refractivity contribution in [1.82, 2.24) is 20.3 Å². The molecule has 0 radical (unpaired) electrons. The Morgan fingerprint density at radius 3 is 2.93 bits per heavy atom. The Kier molecular flexibility index (Phi) is 2.68. The number of nitrogens with zero attached hydrogens (tertiary/aromatic N) is 2. The number of rotatable bonds is 3. The van der Waals surface area contributed by atoms with Gasteiger partial charge in [0, 0.05) is 0 Å². The van der Waals surface area contributed by atoms with Crippen molar-refractivity contribution in [1.29, 1.82) is 0 Å². The van der Waals surface area contributed by atoms with Crippen LogP contribution in [0.25, 0.3) is 11.0 Å². The first-order valence-electron chi connectivity index (χ1n) is 4.78. The fourth-order valence-electron chi connectivity index (χ4n) is 1.67. The number of H-pyrrole nitrogens is 1. The topological polar surface area (TPSA) is 70.0 Å². The maximum atomic E-state index is 5.51. The average Bonchev–Trinajstić information content (AvgIpc) is 2.65. The molecule has 0 saturated carbocycles. The Labute approximate surface area is 88.3 Å². The standard InChI is InChI=1S/C10H15N5/c1-15(2)10(14-11)7-3-4-8-9(5-7)13-6-12-8/h3-6,10,14H,11H2,1-2H3,(H,12,13). The minimum atomic E-state index is 0.0118. The number of aromatic amines is 1. The molecule has 15 heavy (non-hydrogen) atoms. The summed E-state index contributed by atoms with van der Waals surface area (Å²) in [5.74, 6) is 5.51. The minimum absolute atomic E-state index is 0.0118. The molecule has 0 aliphatic heterocycles. The molecule has 0 amide bonds. The van der Waals surface area contributed by atoms with Crippen LogP contribution in [0, 0.1) is 0 Å². The maximum absolute atomic E-state index is 5.51. The van der Waals surface area contributed by atoms with Crippen molar-refractivity contribution in [3.05, 3.63) is 30.1 Å². The summed E-state index contributed by atoms with van der Waals surface area (Å²) < 4.78 is 0. The lowest BCUT2D eigenvalue weighted by Gasteiger charge is -2.23. The summed E-state index contributed by atoms with van der Waals surface area (Å²) in [7, 11) is 3.95. The molecule has 1 heterocycles. The second kappa shape index (κ2) is 3.98. The zero-order valence-electron chi connectivity index (χ0n) is 8.86. The van der Waals surface area contributed by atoms with Crippen molar-refractivity contribution in [3.63, 3.8) is 0 Å². The first kappa shape index (κ1) is 10.1. The minimum Gasteiger partial charge on any atom is -0.345 e. The van der Waals surface area contributed by atoms with Gasteiger partial charge in [-0.05, 0) is 31.8 Å². The van der Waals surface area contributed by atoms with Gasteiger partial charge in [0.2, 0.25) is 0 Å². The predicted molar refractivity (Wildman–Crippen MR) is 59.8 cm³/mol. The first-order valence-corrected chi connectivity index (χ1v) is 4.78. The van der Waals surface area contributed by atoms with Crippen molar-refractivity contribution >= 4 is 11.0 Å². The van der Waals surface area contributed by atoms with Crippen LogP contribution in [0.2, 0.25) is 0 Å². The molecule has 80 valence electrons. The van der Waals surface area contributed by atoms with Gasteiger partial charge >= 0.3 is 0 Å². The summed E-state index contributed by atoms with van der Waals surface area (Å²) >= 11 is 0. The van der Waals surface area contributed by atoms with E-state index in [1.807, 2.05) is 37.2 Å². The van der Waals surface area contributed by atoms with Crippen LogP contribution < -0.4 is 11.3 Å². The molecule has 0 spiro atoms. The van der Waals surface area contributed by atoms with Gasteiger partial charge in [-0.1, -0.05) is 6.07 Å². The molecular formula is C10H15N5. The number of hydrazine groups is 1. The zero-order valence-corrected chi connectivity index (χ0v) is 8.86. The van der Waals surface area contributed by atoms with Crippen molar-refractivity contribution in [2.45, 2.75) is 6.17 Å². The Bertz CT molecular complexity index is 448. The van der Waals surface area contributed by atoms with Crippen LogP contribution in [-0.4, -0.2) is 29.0 Å². The maximum Gasteiger partial charge on any atom is 0.0981 e. The highest BCUT2D eigenvalue weighted by atomic mass is 15.4. The third-order valence-corrected chi connectivity index (χ3v) is 2.43. The van der Waals surface area contributed by atoms with Crippen molar-refractivity contribution < 1.29 is 0 Å². The Balaban J connectivity index is 2.41. The molecule has 2 aromatic rings. The number of fused-ring (bicyclic) bond motifs is 1. The molecule has 5 heteroatoms. The molecule has 1 atom stereocenters. The molecule has 1 aromatic heterocycles. The Morgan fingerprint density at radius 1 is 1.47 bits per heavy atom. The highest BCUT2D eigenvalue weighted by molar-refractivity contribution is 5.75. The molecule has 1 aromatic carbocycles. The van der Waals surface area contributed by atoms with Crippen LogP contribution in [0.4, 0.5) is 0 Å². The van der Waals surface area contributed by atoms with Crippen LogP contribution >= 0.6 is 0 Å². The second-order valence-corrected chi connectivity index (χ2v) is 3.71. The van der Waals surface area contributed by atoms with Crippen molar-refractivity contribution in [2.75, 3.05) is 14.1 Å². The molecule has 1 unspecified atom stereocenters. The van der Waals surface area contributed by atoms with E-state index in [0.29, 0.717) is 0 Å². The number of hydrogen-bond acceptors (Lipinski definition) is 4. The quantitative estimate of drug-likeness (QED) is 0.389. The lowest BCUT2D eigenvalue weighted by molar-refractivity contribution is 0.253. The Morgan fingerprint density at radius 2 is 2.27 bits per heavy atom. The number of hydrogen-bond donors (Lipinski definition) is 3. The van der Waals surface area contributed by atoms with Gasteiger partial charge in [0.05, 0.1) is 23.5 Å². The number of benzene rings is 1. The molecule has 2 rings (SSSR count). The smallest absolute Gasteiger partial charge is 0.0981 e. The molecule has 4 N–H and O–H groups in total.